The van der Waals surface area contributed by atoms with Gasteiger partial charge < -0.3 is 11.1 Å². The fraction of sp³-hybridized carbons (Fsp3) is 0. The molecule has 0 aliphatic rings. The van der Waals surface area contributed by atoms with E-state index in [1.807, 2.05) is 62.4 Å². The zero-order valence-corrected chi connectivity index (χ0v) is 12.9. The molecule has 0 saturated heterocycles. The molecule has 0 atom stereocenters. The van der Waals surface area contributed by atoms with Crippen molar-refractivity contribution in [3.05, 3.63) is 59.5 Å². The van der Waals surface area contributed by atoms with Crippen molar-refractivity contribution in [1.29, 1.82) is 0 Å². The molecule has 0 fully saturated rings. The Bertz CT molecular complexity index is 800. The van der Waals surface area contributed by atoms with E-state index in [9.17, 15) is 4.79 Å². The van der Waals surface area contributed by atoms with Crippen molar-refractivity contribution in [3.63, 3.8) is 0 Å². The number of hydrogen-bond donors (Lipinski definition) is 2. The number of nitrogens with two attached hydrogens (primary N) is 1. The van der Waals surface area contributed by atoms with Gasteiger partial charge in [0.25, 0.3) is 5.91 Å². The molecule has 0 spiro atoms. The second-order valence-corrected chi connectivity index (χ2v) is 5.92. The van der Waals surface area contributed by atoms with Gasteiger partial charge in [0.05, 0.1) is 5.69 Å². The van der Waals surface area contributed by atoms with Gasteiger partial charge in [0, 0.05) is 11.3 Å². The van der Waals surface area contributed by atoms with Gasteiger partial charge in [-0.05, 0) is 12.1 Å². The summed E-state index contributed by atoms with van der Waals surface area (Å²) in [7, 11) is 2.03. The molecule has 3 aromatic rings. The standard InChI is InChI=1S/C16H14BN3OS/c17-11-6-8-12(9-7-11)19-16-20-13(14(22-16)15(18)21)10-4-2-1-3-5-10/h1-9H,17H2,(H2,18,21)(H,19,20). The van der Waals surface area contributed by atoms with Crippen LogP contribution in [0.1, 0.15) is 9.67 Å². The first-order chi connectivity index (χ1) is 10.6. The highest BCUT2D eigenvalue weighted by atomic mass is 32.1. The molecule has 0 unspecified atom stereocenters. The Morgan fingerprint density at radius 1 is 1.09 bits per heavy atom. The van der Waals surface area contributed by atoms with E-state index in [-0.39, 0.29) is 0 Å². The van der Waals surface area contributed by atoms with Crippen LogP contribution in [0.3, 0.4) is 0 Å². The van der Waals surface area contributed by atoms with Crippen molar-refractivity contribution < 1.29 is 4.79 Å². The first-order valence-corrected chi connectivity index (χ1v) is 7.65. The van der Waals surface area contributed by atoms with Crippen LogP contribution in [0.5, 0.6) is 0 Å². The fourth-order valence-corrected chi connectivity index (χ4v) is 2.95. The van der Waals surface area contributed by atoms with Gasteiger partial charge in [-0.1, -0.05) is 59.3 Å². The second kappa shape index (κ2) is 6.03. The Morgan fingerprint density at radius 3 is 2.41 bits per heavy atom. The summed E-state index contributed by atoms with van der Waals surface area (Å²) in [5.74, 6) is -0.465. The smallest absolute Gasteiger partial charge is 0.261 e. The summed E-state index contributed by atoms with van der Waals surface area (Å²) in [6.07, 6.45) is 0. The molecule has 22 heavy (non-hydrogen) atoms. The first kappa shape index (κ1) is 14.3. The van der Waals surface area contributed by atoms with Crippen molar-refractivity contribution in [3.8, 4) is 11.3 Å². The molecule has 6 heteroatoms. The molecule has 0 aliphatic carbocycles. The van der Waals surface area contributed by atoms with Crippen molar-refractivity contribution in [2.24, 2.45) is 5.73 Å². The quantitative estimate of drug-likeness (QED) is 0.724. The Morgan fingerprint density at radius 2 is 1.77 bits per heavy atom. The number of anilines is 2. The number of benzene rings is 2. The number of primary amides is 1. The fourth-order valence-electron chi connectivity index (χ4n) is 2.09. The second-order valence-electron chi connectivity index (χ2n) is 4.92. The topological polar surface area (TPSA) is 68.0 Å². The third-order valence-corrected chi connectivity index (χ3v) is 4.19. The van der Waals surface area contributed by atoms with E-state index < -0.39 is 5.91 Å². The van der Waals surface area contributed by atoms with Crippen LogP contribution in [0.4, 0.5) is 10.8 Å². The van der Waals surface area contributed by atoms with Crippen LogP contribution in [0.15, 0.2) is 54.6 Å². The average Bonchev–Trinajstić information content (AvgIpc) is 2.95. The SMILES string of the molecule is Bc1ccc(Nc2nc(-c3ccccc3)c(C(N)=O)s2)cc1. The van der Waals surface area contributed by atoms with E-state index in [0.717, 1.165) is 11.3 Å². The van der Waals surface area contributed by atoms with Gasteiger partial charge >= 0.3 is 0 Å². The van der Waals surface area contributed by atoms with Gasteiger partial charge in [0.15, 0.2) is 5.13 Å². The number of carbonyl (C=O) groups excluding carboxylic acids is 1. The number of amides is 1. The lowest BCUT2D eigenvalue weighted by Crippen LogP contribution is -2.10. The molecular weight excluding hydrogens is 293 g/mol. The third kappa shape index (κ3) is 3.02. The third-order valence-electron chi connectivity index (χ3n) is 3.20. The number of aromatic nitrogens is 1. The summed E-state index contributed by atoms with van der Waals surface area (Å²) >= 11 is 1.26. The Hall–Kier alpha value is -2.60. The summed E-state index contributed by atoms with van der Waals surface area (Å²) in [6, 6.07) is 17.6. The van der Waals surface area contributed by atoms with E-state index in [0.29, 0.717) is 15.7 Å². The van der Waals surface area contributed by atoms with Gasteiger partial charge in [-0.25, -0.2) is 4.98 Å². The van der Waals surface area contributed by atoms with Gasteiger partial charge in [-0.2, -0.15) is 0 Å². The minimum absolute atomic E-state index is 0.459. The normalized spacial score (nSPS) is 10.4. The van der Waals surface area contributed by atoms with E-state index >= 15 is 0 Å². The van der Waals surface area contributed by atoms with Crippen LogP contribution in [0.2, 0.25) is 0 Å². The van der Waals surface area contributed by atoms with Crippen LogP contribution in [-0.4, -0.2) is 18.7 Å². The zero-order chi connectivity index (χ0) is 15.5. The van der Waals surface area contributed by atoms with Crippen LogP contribution in [0.25, 0.3) is 11.3 Å². The van der Waals surface area contributed by atoms with Gasteiger partial charge in [0.1, 0.15) is 12.7 Å². The number of nitrogens with one attached hydrogen (secondary N) is 1. The lowest BCUT2D eigenvalue weighted by atomic mass is 9.96. The highest BCUT2D eigenvalue weighted by Gasteiger charge is 2.17. The molecule has 1 heterocycles. The van der Waals surface area contributed by atoms with Crippen molar-refractivity contribution in [2.75, 3.05) is 5.32 Å². The number of nitrogens with zero attached hydrogens (tertiary/aromatic N) is 1. The molecule has 1 aromatic heterocycles. The maximum atomic E-state index is 11.7. The van der Waals surface area contributed by atoms with Crippen LogP contribution < -0.4 is 16.5 Å². The minimum atomic E-state index is -0.465. The van der Waals surface area contributed by atoms with Gasteiger partial charge in [0.2, 0.25) is 0 Å². The van der Waals surface area contributed by atoms with Crippen molar-refractivity contribution >= 4 is 41.4 Å². The molecule has 0 bridgehead atoms. The van der Waals surface area contributed by atoms with Crippen molar-refractivity contribution in [2.45, 2.75) is 0 Å². The molecule has 0 aliphatic heterocycles. The Balaban J connectivity index is 1.97. The number of carbonyl (C=O) groups is 1. The van der Waals surface area contributed by atoms with Crippen molar-refractivity contribution in [1.82, 2.24) is 4.98 Å². The van der Waals surface area contributed by atoms with E-state index in [1.54, 1.807) is 0 Å². The molecule has 108 valence electrons. The highest BCUT2D eigenvalue weighted by molar-refractivity contribution is 7.18. The lowest BCUT2D eigenvalue weighted by molar-refractivity contribution is 0.100. The number of rotatable bonds is 4. The largest absolute Gasteiger partial charge is 0.365 e. The van der Waals surface area contributed by atoms with E-state index in [1.165, 1.54) is 16.8 Å². The molecule has 1 amide bonds. The Labute approximate surface area is 133 Å². The summed E-state index contributed by atoms with van der Waals surface area (Å²) in [5, 5.41) is 3.87. The van der Waals surface area contributed by atoms with Gasteiger partial charge in [-0.3, -0.25) is 4.79 Å². The summed E-state index contributed by atoms with van der Waals surface area (Å²) in [6.45, 7) is 0. The summed E-state index contributed by atoms with van der Waals surface area (Å²) in [4.78, 5) is 16.7. The molecule has 0 saturated carbocycles. The van der Waals surface area contributed by atoms with Crippen LogP contribution in [-0.2, 0) is 0 Å². The zero-order valence-electron chi connectivity index (χ0n) is 12.0. The Kier molecular flexibility index (Phi) is 3.93. The first-order valence-electron chi connectivity index (χ1n) is 6.83. The lowest BCUT2D eigenvalue weighted by Gasteiger charge is -2.02. The maximum absolute atomic E-state index is 11.7. The minimum Gasteiger partial charge on any atom is -0.365 e. The summed E-state index contributed by atoms with van der Waals surface area (Å²) in [5.41, 5.74) is 9.09. The number of thiazole rings is 1. The number of hydrogen-bond acceptors (Lipinski definition) is 4. The molecule has 2 aromatic carbocycles. The molecule has 3 rings (SSSR count). The molecule has 4 nitrogen and oxygen atoms in total. The maximum Gasteiger partial charge on any atom is 0.261 e. The van der Waals surface area contributed by atoms with Crippen LogP contribution >= 0.6 is 11.3 Å². The molecular formula is C16H14BN3OS. The van der Waals surface area contributed by atoms with E-state index in [4.69, 9.17) is 5.73 Å². The average molecular weight is 307 g/mol. The molecule has 3 N–H and O–H groups in total. The predicted molar refractivity (Wildman–Crippen MR) is 94.0 cm³/mol. The molecule has 0 radical (unpaired) electrons. The summed E-state index contributed by atoms with van der Waals surface area (Å²) < 4.78 is 0. The predicted octanol–water partition coefficient (Wildman–Crippen LogP) is 1.91. The highest BCUT2D eigenvalue weighted by Crippen LogP contribution is 2.32. The van der Waals surface area contributed by atoms with E-state index in [2.05, 4.69) is 10.3 Å². The monoisotopic (exact) mass is 307 g/mol. The van der Waals surface area contributed by atoms with Gasteiger partial charge in [-0.15, -0.1) is 0 Å². The van der Waals surface area contributed by atoms with Crippen LogP contribution in [0, 0.1) is 0 Å².